The van der Waals surface area contributed by atoms with Crippen molar-refractivity contribution in [3.63, 3.8) is 0 Å². The molecule has 0 unspecified atom stereocenters. The number of benzene rings is 1. The van der Waals surface area contributed by atoms with Gasteiger partial charge in [0.05, 0.1) is 16.5 Å². The number of anilines is 1. The van der Waals surface area contributed by atoms with Gasteiger partial charge in [0.2, 0.25) is 5.91 Å². The first-order valence-electron chi connectivity index (χ1n) is 3.88. The molecule has 0 N–H and O–H groups in total. The number of hydrogen-bond acceptors (Lipinski definition) is 2. The Bertz CT molecular complexity index is 367. The minimum Gasteiger partial charge on any atom is -0.312 e. The highest BCUT2D eigenvalue weighted by atomic mass is 35.5. The van der Waals surface area contributed by atoms with Crippen LogP contribution in [0.2, 0.25) is 5.02 Å². The van der Waals surface area contributed by atoms with Crippen LogP contribution in [0, 0.1) is 0 Å². The molecule has 1 aliphatic heterocycles. The third kappa shape index (κ3) is 1.42. The highest BCUT2D eigenvalue weighted by Gasteiger charge is 2.23. The van der Waals surface area contributed by atoms with Gasteiger partial charge in [-0.05, 0) is 12.1 Å². The van der Waals surface area contributed by atoms with Gasteiger partial charge in [-0.25, -0.2) is 0 Å². The average Bonchev–Trinajstić information content (AvgIpc) is 2.12. The SMILES string of the molecule is CN1C(=O)CSc2cccc(Cl)c21. The molecule has 2 rings (SSSR count). The standard InChI is InChI=1S/C9H8ClNOS/c1-11-8(12)5-13-7-4-2-3-6(10)9(7)11/h2-4H,5H2,1H3. The first-order chi connectivity index (χ1) is 6.20. The molecule has 0 spiro atoms. The lowest BCUT2D eigenvalue weighted by molar-refractivity contribution is -0.116. The fraction of sp³-hybridized carbons (Fsp3) is 0.222. The second-order valence-electron chi connectivity index (χ2n) is 2.83. The lowest BCUT2D eigenvalue weighted by atomic mass is 10.3. The van der Waals surface area contributed by atoms with Crippen molar-refractivity contribution in [3.05, 3.63) is 23.2 Å². The summed E-state index contributed by atoms with van der Waals surface area (Å²) in [5, 5.41) is 0.639. The van der Waals surface area contributed by atoms with E-state index in [-0.39, 0.29) is 5.91 Å². The molecule has 1 heterocycles. The molecule has 0 bridgehead atoms. The van der Waals surface area contributed by atoms with Crippen molar-refractivity contribution in [1.82, 2.24) is 0 Å². The Labute approximate surface area is 85.9 Å². The maximum atomic E-state index is 11.4. The van der Waals surface area contributed by atoms with Gasteiger partial charge in [0.15, 0.2) is 0 Å². The monoisotopic (exact) mass is 213 g/mol. The van der Waals surface area contributed by atoms with Crippen LogP contribution in [0.25, 0.3) is 0 Å². The number of hydrogen-bond donors (Lipinski definition) is 0. The molecule has 1 aromatic carbocycles. The molecule has 0 aliphatic carbocycles. The van der Waals surface area contributed by atoms with Gasteiger partial charge in [0, 0.05) is 11.9 Å². The van der Waals surface area contributed by atoms with Gasteiger partial charge < -0.3 is 4.90 Å². The summed E-state index contributed by atoms with van der Waals surface area (Å²) in [5.41, 5.74) is 0.838. The lowest BCUT2D eigenvalue weighted by Crippen LogP contribution is -2.31. The Morgan fingerprint density at radius 3 is 3.08 bits per heavy atom. The topological polar surface area (TPSA) is 20.3 Å². The van der Waals surface area contributed by atoms with Crippen LogP contribution in [-0.2, 0) is 4.79 Å². The largest absolute Gasteiger partial charge is 0.312 e. The summed E-state index contributed by atoms with van der Waals surface area (Å²) in [6, 6.07) is 5.68. The van der Waals surface area contributed by atoms with Crippen molar-refractivity contribution >= 4 is 35.0 Å². The molecule has 1 aromatic rings. The Balaban J connectivity index is 2.57. The molecule has 13 heavy (non-hydrogen) atoms. The van der Waals surface area contributed by atoms with Gasteiger partial charge in [-0.15, -0.1) is 11.8 Å². The molecule has 0 atom stereocenters. The highest BCUT2D eigenvalue weighted by Crippen LogP contribution is 2.39. The van der Waals surface area contributed by atoms with Gasteiger partial charge in [0.1, 0.15) is 0 Å². The number of amides is 1. The van der Waals surface area contributed by atoms with Crippen LogP contribution in [0.3, 0.4) is 0 Å². The average molecular weight is 214 g/mol. The molecule has 0 radical (unpaired) electrons. The van der Waals surface area contributed by atoms with Crippen LogP contribution < -0.4 is 4.90 Å². The van der Waals surface area contributed by atoms with Crippen LogP contribution in [0.5, 0.6) is 0 Å². The molecular weight excluding hydrogens is 206 g/mol. The number of nitrogens with zero attached hydrogens (tertiary/aromatic N) is 1. The van der Waals surface area contributed by atoms with Crippen molar-refractivity contribution in [2.24, 2.45) is 0 Å². The quantitative estimate of drug-likeness (QED) is 0.660. The van der Waals surface area contributed by atoms with E-state index >= 15 is 0 Å². The highest BCUT2D eigenvalue weighted by molar-refractivity contribution is 8.00. The van der Waals surface area contributed by atoms with Crippen LogP contribution in [0.4, 0.5) is 5.69 Å². The molecule has 2 nitrogen and oxygen atoms in total. The Morgan fingerprint density at radius 1 is 1.54 bits per heavy atom. The van der Waals surface area contributed by atoms with Crippen LogP contribution >= 0.6 is 23.4 Å². The maximum absolute atomic E-state index is 11.4. The summed E-state index contributed by atoms with van der Waals surface area (Å²) in [7, 11) is 1.76. The molecular formula is C9H8ClNOS. The second kappa shape index (κ2) is 3.24. The predicted octanol–water partition coefficient (Wildman–Crippen LogP) is 2.41. The first-order valence-corrected chi connectivity index (χ1v) is 5.24. The van der Waals surface area contributed by atoms with E-state index in [4.69, 9.17) is 11.6 Å². The third-order valence-electron chi connectivity index (χ3n) is 2.01. The molecule has 0 saturated heterocycles. The Morgan fingerprint density at radius 2 is 2.31 bits per heavy atom. The summed E-state index contributed by atoms with van der Waals surface area (Å²) >= 11 is 7.53. The molecule has 1 aliphatic rings. The van der Waals surface area contributed by atoms with Crippen molar-refractivity contribution in [1.29, 1.82) is 0 Å². The van der Waals surface area contributed by atoms with Gasteiger partial charge in [-0.3, -0.25) is 4.79 Å². The van der Waals surface area contributed by atoms with Crippen molar-refractivity contribution in [2.75, 3.05) is 17.7 Å². The van der Waals surface area contributed by atoms with E-state index in [1.807, 2.05) is 12.1 Å². The Hall–Kier alpha value is -0.670. The minimum atomic E-state index is 0.102. The van der Waals surface area contributed by atoms with Crippen molar-refractivity contribution < 1.29 is 4.79 Å². The summed E-state index contributed by atoms with van der Waals surface area (Å²) < 4.78 is 0. The van der Waals surface area contributed by atoms with Crippen LogP contribution in [0.1, 0.15) is 0 Å². The summed E-state index contributed by atoms with van der Waals surface area (Å²) in [5.74, 6) is 0.606. The Kier molecular flexibility index (Phi) is 2.22. The number of thioether (sulfide) groups is 1. The van der Waals surface area contributed by atoms with E-state index in [2.05, 4.69) is 0 Å². The van der Waals surface area contributed by atoms with Gasteiger partial charge >= 0.3 is 0 Å². The minimum absolute atomic E-state index is 0.102. The fourth-order valence-corrected chi connectivity index (χ4v) is 2.69. The fourth-order valence-electron chi connectivity index (χ4n) is 1.30. The number of para-hydroxylation sites is 1. The van der Waals surface area contributed by atoms with Crippen molar-refractivity contribution in [3.8, 4) is 0 Å². The second-order valence-corrected chi connectivity index (χ2v) is 4.25. The summed E-state index contributed by atoms with van der Waals surface area (Å²) in [6.07, 6.45) is 0. The molecule has 1 amide bonds. The van der Waals surface area contributed by atoms with Crippen LogP contribution in [-0.4, -0.2) is 18.7 Å². The molecule has 0 fully saturated rings. The van der Waals surface area contributed by atoms with E-state index < -0.39 is 0 Å². The van der Waals surface area contributed by atoms with Gasteiger partial charge in [0.25, 0.3) is 0 Å². The van der Waals surface area contributed by atoms with Crippen LogP contribution in [0.15, 0.2) is 23.1 Å². The number of carbonyl (C=O) groups excluding carboxylic acids is 1. The zero-order valence-corrected chi connectivity index (χ0v) is 8.65. The van der Waals surface area contributed by atoms with E-state index in [0.29, 0.717) is 10.8 Å². The normalized spacial score (nSPS) is 15.8. The summed E-state index contributed by atoms with van der Waals surface area (Å²) in [6.45, 7) is 0. The zero-order chi connectivity index (χ0) is 9.42. The number of carbonyl (C=O) groups is 1. The number of fused-ring (bicyclic) bond motifs is 1. The maximum Gasteiger partial charge on any atom is 0.237 e. The van der Waals surface area contributed by atoms with Gasteiger partial charge in [-0.2, -0.15) is 0 Å². The third-order valence-corrected chi connectivity index (χ3v) is 3.35. The molecule has 4 heteroatoms. The summed E-state index contributed by atoms with van der Waals surface area (Å²) in [4.78, 5) is 14.1. The first kappa shape index (κ1) is 8.91. The molecule has 68 valence electrons. The van der Waals surface area contributed by atoms with E-state index in [1.165, 1.54) is 11.8 Å². The van der Waals surface area contributed by atoms with Crippen molar-refractivity contribution in [2.45, 2.75) is 4.90 Å². The number of rotatable bonds is 0. The zero-order valence-electron chi connectivity index (χ0n) is 7.08. The van der Waals surface area contributed by atoms with Gasteiger partial charge in [-0.1, -0.05) is 17.7 Å². The molecule has 0 aromatic heterocycles. The van der Waals surface area contributed by atoms with E-state index in [1.54, 1.807) is 18.0 Å². The predicted molar refractivity (Wildman–Crippen MR) is 55.6 cm³/mol. The lowest BCUT2D eigenvalue weighted by Gasteiger charge is -2.25. The number of halogens is 1. The molecule has 0 saturated carbocycles. The smallest absolute Gasteiger partial charge is 0.237 e. The van der Waals surface area contributed by atoms with E-state index in [0.717, 1.165) is 10.6 Å². The van der Waals surface area contributed by atoms with E-state index in [9.17, 15) is 4.79 Å².